The second-order valence-electron chi connectivity index (χ2n) is 6.53. The van der Waals surface area contributed by atoms with Crippen molar-refractivity contribution in [3.8, 4) is 0 Å². The fraction of sp³-hybridized carbons (Fsp3) is 0.529. The molecule has 1 saturated heterocycles. The van der Waals surface area contributed by atoms with Crippen LogP contribution in [0.5, 0.6) is 0 Å². The first-order chi connectivity index (χ1) is 11.5. The lowest BCUT2D eigenvalue weighted by Crippen LogP contribution is -2.36. The van der Waals surface area contributed by atoms with Gasteiger partial charge in [-0.3, -0.25) is 0 Å². The summed E-state index contributed by atoms with van der Waals surface area (Å²) >= 11 is 5.81. The molecule has 1 fully saturated rings. The molecule has 5 nitrogen and oxygen atoms in total. The van der Waals surface area contributed by atoms with E-state index < -0.39 is 0 Å². The first-order valence-corrected chi connectivity index (χ1v) is 8.64. The second kappa shape index (κ2) is 7.49. The van der Waals surface area contributed by atoms with Crippen LogP contribution in [-0.4, -0.2) is 53.2 Å². The minimum Gasteiger partial charge on any atom is -0.353 e. The van der Waals surface area contributed by atoms with Crippen LogP contribution < -0.4 is 4.90 Å². The molecule has 0 spiro atoms. The van der Waals surface area contributed by atoms with E-state index in [4.69, 9.17) is 11.6 Å². The van der Waals surface area contributed by atoms with Crippen LogP contribution in [0.25, 0.3) is 0 Å². The summed E-state index contributed by atoms with van der Waals surface area (Å²) in [5.41, 5.74) is 0. The Morgan fingerprint density at radius 3 is 2.96 bits per heavy atom. The van der Waals surface area contributed by atoms with Gasteiger partial charge < -0.3 is 14.4 Å². The van der Waals surface area contributed by atoms with Gasteiger partial charge in [0.2, 0.25) is 0 Å². The summed E-state index contributed by atoms with van der Waals surface area (Å²) in [6.07, 6.45) is 7.44. The van der Waals surface area contributed by atoms with E-state index >= 15 is 0 Å². The maximum absolute atomic E-state index is 14.2. The molecule has 0 bridgehead atoms. The van der Waals surface area contributed by atoms with E-state index in [0.29, 0.717) is 10.8 Å². The Morgan fingerprint density at radius 2 is 2.21 bits per heavy atom. The van der Waals surface area contributed by atoms with Gasteiger partial charge in [0.1, 0.15) is 5.82 Å². The lowest BCUT2D eigenvalue weighted by atomic mass is 9.97. The summed E-state index contributed by atoms with van der Waals surface area (Å²) < 4.78 is 16.4. The van der Waals surface area contributed by atoms with E-state index in [1.54, 1.807) is 0 Å². The monoisotopic (exact) mass is 351 g/mol. The number of likely N-dealkylation sites (N-methyl/N-ethyl adjacent to an activating group) is 1. The van der Waals surface area contributed by atoms with Crippen molar-refractivity contribution >= 4 is 17.4 Å². The van der Waals surface area contributed by atoms with Crippen LogP contribution in [0.2, 0.25) is 5.02 Å². The average Bonchev–Trinajstić information content (AvgIpc) is 3.01. The van der Waals surface area contributed by atoms with Gasteiger partial charge >= 0.3 is 0 Å². The maximum atomic E-state index is 14.2. The molecule has 0 amide bonds. The molecular weight excluding hydrogens is 329 g/mol. The summed E-state index contributed by atoms with van der Waals surface area (Å²) in [4.78, 5) is 12.9. The number of rotatable bonds is 5. The van der Waals surface area contributed by atoms with E-state index in [0.717, 1.165) is 44.8 Å². The summed E-state index contributed by atoms with van der Waals surface area (Å²) in [6, 6.07) is 1.32. The first-order valence-electron chi connectivity index (χ1n) is 8.26. The van der Waals surface area contributed by atoms with E-state index in [1.165, 1.54) is 12.3 Å². The third-order valence-electron chi connectivity index (χ3n) is 4.41. The molecule has 0 radical (unpaired) electrons. The van der Waals surface area contributed by atoms with Gasteiger partial charge in [-0.1, -0.05) is 11.6 Å². The van der Waals surface area contributed by atoms with Crippen LogP contribution in [-0.2, 0) is 6.54 Å². The predicted molar refractivity (Wildman–Crippen MR) is 94.2 cm³/mol. The van der Waals surface area contributed by atoms with Crippen LogP contribution in [0.1, 0.15) is 24.6 Å². The van der Waals surface area contributed by atoms with Crippen molar-refractivity contribution < 1.29 is 4.39 Å². The van der Waals surface area contributed by atoms with Gasteiger partial charge in [-0.15, -0.1) is 0 Å². The van der Waals surface area contributed by atoms with E-state index in [9.17, 15) is 4.39 Å². The van der Waals surface area contributed by atoms with Crippen LogP contribution in [0, 0.1) is 5.82 Å². The molecule has 130 valence electrons. The van der Waals surface area contributed by atoms with Crippen molar-refractivity contribution in [2.75, 3.05) is 38.6 Å². The molecule has 0 N–H and O–H groups in total. The van der Waals surface area contributed by atoms with E-state index in [2.05, 4.69) is 33.5 Å². The van der Waals surface area contributed by atoms with E-state index in [-0.39, 0.29) is 11.7 Å². The molecule has 0 aromatic carbocycles. The highest BCUT2D eigenvalue weighted by Crippen LogP contribution is 2.30. The molecule has 7 heteroatoms. The normalized spacial score (nSPS) is 18.4. The number of halogens is 2. The molecule has 0 aliphatic carbocycles. The highest BCUT2D eigenvalue weighted by molar-refractivity contribution is 6.30. The summed E-state index contributed by atoms with van der Waals surface area (Å²) in [6.45, 7) is 3.41. The van der Waals surface area contributed by atoms with Crippen molar-refractivity contribution in [2.45, 2.75) is 25.3 Å². The number of hydrogen-bond donors (Lipinski definition) is 0. The zero-order chi connectivity index (χ0) is 17.1. The number of pyridine rings is 1. The zero-order valence-corrected chi connectivity index (χ0v) is 14.9. The minimum atomic E-state index is -0.362. The van der Waals surface area contributed by atoms with Crippen molar-refractivity contribution in [3.63, 3.8) is 0 Å². The number of nitrogens with zero attached hydrogens (tertiary/aromatic N) is 5. The Labute approximate surface area is 147 Å². The minimum absolute atomic E-state index is 0.285. The Kier molecular flexibility index (Phi) is 5.36. The van der Waals surface area contributed by atoms with E-state index in [1.807, 2.05) is 17.3 Å². The molecule has 2 aromatic heterocycles. The van der Waals surface area contributed by atoms with Gasteiger partial charge in [0.05, 0.1) is 5.02 Å². The standard InChI is InChI=1S/C17H23ClFN5/c1-22(2)8-9-23-7-5-20-16(23)13-4-3-6-24(12-13)17-15(19)10-14(18)11-21-17/h5,7,10-11,13H,3-4,6,8-9,12H2,1-2H3/t13-/m1/s1. The molecule has 1 atom stereocenters. The van der Waals surface area contributed by atoms with Gasteiger partial charge in [-0.25, -0.2) is 14.4 Å². The third kappa shape index (κ3) is 3.87. The zero-order valence-electron chi connectivity index (χ0n) is 14.1. The molecule has 0 saturated carbocycles. The van der Waals surface area contributed by atoms with Gasteiger partial charge in [0.15, 0.2) is 11.6 Å². The Balaban J connectivity index is 1.75. The summed E-state index contributed by atoms with van der Waals surface area (Å²) in [5, 5.41) is 0.323. The lowest BCUT2D eigenvalue weighted by molar-refractivity contribution is 0.373. The fourth-order valence-corrected chi connectivity index (χ4v) is 3.34. The third-order valence-corrected chi connectivity index (χ3v) is 4.62. The topological polar surface area (TPSA) is 37.2 Å². The fourth-order valence-electron chi connectivity index (χ4n) is 3.20. The smallest absolute Gasteiger partial charge is 0.167 e. The second-order valence-corrected chi connectivity index (χ2v) is 6.96. The maximum Gasteiger partial charge on any atom is 0.167 e. The molecule has 1 aliphatic heterocycles. The van der Waals surface area contributed by atoms with Gasteiger partial charge in [0.25, 0.3) is 0 Å². The Hall–Kier alpha value is -1.66. The number of aromatic nitrogens is 3. The molecule has 3 heterocycles. The molecule has 3 rings (SSSR count). The van der Waals surface area contributed by atoms with Crippen molar-refractivity contribution in [1.29, 1.82) is 0 Å². The predicted octanol–water partition coefficient (Wildman–Crippen LogP) is 3.02. The number of piperidine rings is 1. The molecular formula is C17H23ClFN5. The molecule has 1 aliphatic rings. The van der Waals surface area contributed by atoms with Crippen molar-refractivity contribution in [3.05, 3.63) is 41.3 Å². The van der Waals surface area contributed by atoms with Crippen LogP contribution >= 0.6 is 11.6 Å². The van der Waals surface area contributed by atoms with Gasteiger partial charge in [0, 0.05) is 50.7 Å². The molecule has 24 heavy (non-hydrogen) atoms. The largest absolute Gasteiger partial charge is 0.353 e. The first kappa shape index (κ1) is 17.2. The quantitative estimate of drug-likeness (QED) is 0.829. The number of anilines is 1. The Bertz CT molecular complexity index is 687. The van der Waals surface area contributed by atoms with Crippen molar-refractivity contribution in [1.82, 2.24) is 19.4 Å². The molecule has 0 unspecified atom stereocenters. The average molecular weight is 352 g/mol. The SMILES string of the molecule is CN(C)CCn1ccnc1[C@@H]1CCCN(c2ncc(Cl)cc2F)C1. The number of hydrogen-bond acceptors (Lipinski definition) is 4. The van der Waals surface area contributed by atoms with Crippen LogP contribution in [0.4, 0.5) is 10.2 Å². The Morgan fingerprint density at radius 1 is 1.38 bits per heavy atom. The van der Waals surface area contributed by atoms with Gasteiger partial charge in [-0.05, 0) is 33.0 Å². The van der Waals surface area contributed by atoms with Gasteiger partial charge in [-0.2, -0.15) is 0 Å². The van der Waals surface area contributed by atoms with Crippen LogP contribution in [0.15, 0.2) is 24.7 Å². The summed E-state index contributed by atoms with van der Waals surface area (Å²) in [5.74, 6) is 1.39. The highest BCUT2D eigenvalue weighted by atomic mass is 35.5. The highest BCUT2D eigenvalue weighted by Gasteiger charge is 2.27. The molecule has 2 aromatic rings. The number of imidazole rings is 1. The van der Waals surface area contributed by atoms with Crippen LogP contribution in [0.3, 0.4) is 0 Å². The lowest BCUT2D eigenvalue weighted by Gasteiger charge is -2.33. The van der Waals surface area contributed by atoms with Crippen molar-refractivity contribution in [2.24, 2.45) is 0 Å². The summed E-state index contributed by atoms with van der Waals surface area (Å²) in [7, 11) is 4.13.